The zero-order valence-electron chi connectivity index (χ0n) is 14.5. The Hall–Kier alpha value is -0.200. The number of hydrogen-bond donors (Lipinski definition) is 3. The molecule has 3 N–H and O–H groups in total. The molecule has 0 aromatic rings. The third-order valence-electron chi connectivity index (χ3n) is 5.05. The first-order chi connectivity index (χ1) is 10.3. The van der Waals surface area contributed by atoms with Gasteiger partial charge in [0.2, 0.25) is 0 Å². The highest BCUT2D eigenvalue weighted by Gasteiger charge is 2.42. The van der Waals surface area contributed by atoms with Gasteiger partial charge >= 0.3 is 0 Å². The summed E-state index contributed by atoms with van der Waals surface area (Å²) in [5.74, 6) is 0.597. The summed E-state index contributed by atoms with van der Waals surface area (Å²) >= 11 is 0. The Balaban J connectivity index is 1.84. The molecule has 5 heteroatoms. The standard InChI is InChI=1S/C17H34N2O3/c1-14-8-16(2,3)12-17(9-14,13-20)18-10-15(21)11-19-4-6-22-7-5-19/h14-15,18,20-21H,4-13H2,1-3H3/t14-,15-,17-/m1/s1. The highest BCUT2D eigenvalue weighted by molar-refractivity contribution is 4.99. The molecule has 130 valence electrons. The van der Waals surface area contributed by atoms with Crippen LogP contribution in [-0.4, -0.2) is 72.8 Å². The summed E-state index contributed by atoms with van der Waals surface area (Å²) in [7, 11) is 0. The zero-order valence-corrected chi connectivity index (χ0v) is 14.5. The summed E-state index contributed by atoms with van der Waals surface area (Å²) in [6.45, 7) is 11.5. The Labute approximate surface area is 135 Å². The third-order valence-corrected chi connectivity index (χ3v) is 5.05. The van der Waals surface area contributed by atoms with Crippen LogP contribution < -0.4 is 5.32 Å². The predicted octanol–water partition coefficient (Wildman–Crippen LogP) is 0.846. The van der Waals surface area contributed by atoms with Crippen molar-refractivity contribution in [3.05, 3.63) is 0 Å². The van der Waals surface area contributed by atoms with Gasteiger partial charge in [-0.05, 0) is 30.6 Å². The molecular weight excluding hydrogens is 280 g/mol. The number of nitrogens with zero attached hydrogens (tertiary/aromatic N) is 1. The highest BCUT2D eigenvalue weighted by atomic mass is 16.5. The zero-order chi connectivity index (χ0) is 16.2. The van der Waals surface area contributed by atoms with Gasteiger partial charge in [0, 0.05) is 31.7 Å². The van der Waals surface area contributed by atoms with Gasteiger partial charge in [0.1, 0.15) is 0 Å². The van der Waals surface area contributed by atoms with E-state index in [-0.39, 0.29) is 17.6 Å². The van der Waals surface area contributed by atoms with Gasteiger partial charge in [-0.1, -0.05) is 20.8 Å². The van der Waals surface area contributed by atoms with Gasteiger partial charge in [-0.15, -0.1) is 0 Å². The Morgan fingerprint density at radius 1 is 1.27 bits per heavy atom. The molecule has 0 aromatic carbocycles. The van der Waals surface area contributed by atoms with E-state index in [0.717, 1.165) is 39.1 Å². The Morgan fingerprint density at radius 3 is 2.55 bits per heavy atom. The molecule has 0 unspecified atom stereocenters. The van der Waals surface area contributed by atoms with Crippen LogP contribution >= 0.6 is 0 Å². The molecule has 1 aliphatic heterocycles. The molecule has 3 atom stereocenters. The van der Waals surface area contributed by atoms with E-state index in [9.17, 15) is 10.2 Å². The van der Waals surface area contributed by atoms with E-state index in [2.05, 4.69) is 31.0 Å². The van der Waals surface area contributed by atoms with Gasteiger partial charge in [-0.2, -0.15) is 0 Å². The molecule has 1 saturated carbocycles. The van der Waals surface area contributed by atoms with E-state index in [1.807, 2.05) is 0 Å². The van der Waals surface area contributed by atoms with E-state index in [0.29, 0.717) is 19.0 Å². The molecule has 0 spiro atoms. The van der Waals surface area contributed by atoms with Crippen LogP contribution in [0.1, 0.15) is 40.0 Å². The predicted molar refractivity (Wildman–Crippen MR) is 87.9 cm³/mol. The fourth-order valence-electron chi connectivity index (χ4n) is 4.53. The molecule has 22 heavy (non-hydrogen) atoms. The molecule has 0 radical (unpaired) electrons. The molecule has 2 fully saturated rings. The topological polar surface area (TPSA) is 65.0 Å². The van der Waals surface area contributed by atoms with Crippen LogP contribution in [0.3, 0.4) is 0 Å². The second-order valence-electron chi connectivity index (χ2n) is 8.24. The lowest BCUT2D eigenvalue weighted by atomic mass is 9.64. The molecular formula is C17H34N2O3. The van der Waals surface area contributed by atoms with Gasteiger partial charge in [-0.25, -0.2) is 0 Å². The Morgan fingerprint density at radius 2 is 1.95 bits per heavy atom. The van der Waals surface area contributed by atoms with Gasteiger partial charge in [-0.3, -0.25) is 4.90 Å². The van der Waals surface area contributed by atoms with Crippen molar-refractivity contribution < 1.29 is 14.9 Å². The fraction of sp³-hybridized carbons (Fsp3) is 1.00. The number of rotatable bonds is 6. The lowest BCUT2D eigenvalue weighted by Gasteiger charge is -2.48. The van der Waals surface area contributed by atoms with Crippen LogP contribution in [0, 0.1) is 11.3 Å². The Bertz CT molecular complexity index is 345. The Kier molecular flexibility index (Phi) is 6.25. The molecule has 0 amide bonds. The van der Waals surface area contributed by atoms with Crippen LogP contribution in [0.5, 0.6) is 0 Å². The molecule has 0 aromatic heterocycles. The lowest BCUT2D eigenvalue weighted by Crippen LogP contribution is -2.57. The maximum Gasteiger partial charge on any atom is 0.0791 e. The summed E-state index contributed by atoms with van der Waals surface area (Å²) in [6, 6.07) is 0. The lowest BCUT2D eigenvalue weighted by molar-refractivity contribution is 0.00261. The van der Waals surface area contributed by atoms with Gasteiger partial charge in [0.15, 0.2) is 0 Å². The second-order valence-corrected chi connectivity index (χ2v) is 8.24. The summed E-state index contributed by atoms with van der Waals surface area (Å²) in [6.07, 6.45) is 2.75. The number of hydrogen-bond acceptors (Lipinski definition) is 5. The quantitative estimate of drug-likeness (QED) is 0.678. The van der Waals surface area contributed by atoms with Crippen molar-refractivity contribution in [1.82, 2.24) is 10.2 Å². The number of morpholine rings is 1. The third kappa shape index (κ3) is 5.17. The molecule has 2 rings (SSSR count). The first-order valence-corrected chi connectivity index (χ1v) is 8.68. The molecule has 1 saturated heterocycles. The monoisotopic (exact) mass is 314 g/mol. The van der Waals surface area contributed by atoms with E-state index < -0.39 is 6.10 Å². The maximum absolute atomic E-state index is 10.3. The number of nitrogens with one attached hydrogen (secondary N) is 1. The van der Waals surface area contributed by atoms with Crippen molar-refractivity contribution in [2.45, 2.75) is 51.7 Å². The van der Waals surface area contributed by atoms with Gasteiger partial charge in [0.05, 0.1) is 25.9 Å². The molecule has 2 aliphatic rings. The molecule has 1 aliphatic carbocycles. The average molecular weight is 314 g/mol. The normalized spacial score (nSPS) is 34.5. The second kappa shape index (κ2) is 7.58. The van der Waals surface area contributed by atoms with Crippen LogP contribution in [0.2, 0.25) is 0 Å². The van der Waals surface area contributed by atoms with Crippen LogP contribution in [0.15, 0.2) is 0 Å². The smallest absolute Gasteiger partial charge is 0.0791 e. The van der Waals surface area contributed by atoms with Crippen LogP contribution in [-0.2, 0) is 4.74 Å². The van der Waals surface area contributed by atoms with Crippen molar-refractivity contribution in [2.75, 3.05) is 46.0 Å². The summed E-state index contributed by atoms with van der Waals surface area (Å²) in [5, 5.41) is 23.8. The SMILES string of the molecule is C[C@@H]1CC(C)(C)C[C@](CO)(NC[C@@H](O)CN2CCOCC2)C1. The minimum absolute atomic E-state index is 0.144. The van der Waals surface area contributed by atoms with Crippen molar-refractivity contribution in [3.63, 3.8) is 0 Å². The summed E-state index contributed by atoms with van der Waals surface area (Å²) in [4.78, 5) is 2.24. The van der Waals surface area contributed by atoms with Crippen LogP contribution in [0.4, 0.5) is 0 Å². The van der Waals surface area contributed by atoms with E-state index in [1.54, 1.807) is 0 Å². The fourth-order valence-corrected chi connectivity index (χ4v) is 4.53. The molecule has 0 bridgehead atoms. The largest absolute Gasteiger partial charge is 0.394 e. The number of β-amino-alcohol motifs (C(OH)–C–C–N with tert-alkyl or cyclic N) is 1. The summed E-state index contributed by atoms with van der Waals surface area (Å²) < 4.78 is 5.33. The van der Waals surface area contributed by atoms with E-state index >= 15 is 0 Å². The minimum atomic E-state index is -0.401. The van der Waals surface area contributed by atoms with Crippen molar-refractivity contribution in [2.24, 2.45) is 11.3 Å². The van der Waals surface area contributed by atoms with Crippen LogP contribution in [0.25, 0.3) is 0 Å². The number of aliphatic hydroxyl groups excluding tert-OH is 2. The average Bonchev–Trinajstić information content (AvgIpc) is 2.44. The number of aliphatic hydroxyl groups is 2. The van der Waals surface area contributed by atoms with Crippen molar-refractivity contribution >= 4 is 0 Å². The molecule has 5 nitrogen and oxygen atoms in total. The number of ether oxygens (including phenoxy) is 1. The first-order valence-electron chi connectivity index (χ1n) is 8.68. The van der Waals surface area contributed by atoms with Gasteiger partial charge < -0.3 is 20.3 Å². The van der Waals surface area contributed by atoms with Crippen molar-refractivity contribution in [1.29, 1.82) is 0 Å². The summed E-state index contributed by atoms with van der Waals surface area (Å²) in [5.41, 5.74) is -0.00425. The van der Waals surface area contributed by atoms with E-state index in [4.69, 9.17) is 4.74 Å². The van der Waals surface area contributed by atoms with E-state index in [1.165, 1.54) is 6.42 Å². The van der Waals surface area contributed by atoms with Crippen molar-refractivity contribution in [3.8, 4) is 0 Å². The molecule has 1 heterocycles. The first kappa shape index (κ1) is 18.1. The van der Waals surface area contributed by atoms with Gasteiger partial charge in [0.25, 0.3) is 0 Å². The minimum Gasteiger partial charge on any atom is -0.394 e. The maximum atomic E-state index is 10.3. The highest BCUT2D eigenvalue weighted by Crippen LogP contribution is 2.43.